The number of piperidine rings is 1. The minimum atomic E-state index is -0.0671. The number of carbonyl (C=O) groups excluding carboxylic acids is 2. The first-order valence-electron chi connectivity index (χ1n) is 8.87. The molecular formula is C19H27N3O2. The van der Waals surface area contributed by atoms with Gasteiger partial charge < -0.3 is 15.1 Å². The van der Waals surface area contributed by atoms with Crippen molar-refractivity contribution < 1.29 is 9.59 Å². The van der Waals surface area contributed by atoms with E-state index in [4.69, 9.17) is 0 Å². The molecule has 2 fully saturated rings. The molecule has 0 radical (unpaired) electrons. The smallest absolute Gasteiger partial charge is 0.225 e. The number of amides is 2. The third-order valence-electron chi connectivity index (χ3n) is 4.95. The van der Waals surface area contributed by atoms with Gasteiger partial charge in [-0.05, 0) is 43.4 Å². The van der Waals surface area contributed by atoms with Gasteiger partial charge in [-0.2, -0.15) is 0 Å². The van der Waals surface area contributed by atoms with Gasteiger partial charge in [0.2, 0.25) is 11.8 Å². The van der Waals surface area contributed by atoms with Gasteiger partial charge in [-0.25, -0.2) is 0 Å². The Morgan fingerprint density at radius 2 is 1.83 bits per heavy atom. The molecule has 1 aliphatic carbocycles. The Balaban J connectivity index is 1.49. The second-order valence-corrected chi connectivity index (χ2v) is 7.18. The van der Waals surface area contributed by atoms with Crippen LogP contribution in [0.2, 0.25) is 0 Å². The number of rotatable bonds is 5. The number of nitrogens with zero attached hydrogens (tertiary/aromatic N) is 2. The minimum Gasteiger partial charge on any atom is -0.378 e. The first kappa shape index (κ1) is 16.8. The maximum absolute atomic E-state index is 12.4. The van der Waals surface area contributed by atoms with Crippen LogP contribution in [0.25, 0.3) is 0 Å². The van der Waals surface area contributed by atoms with Gasteiger partial charge in [-0.3, -0.25) is 9.59 Å². The molecular weight excluding hydrogens is 302 g/mol. The molecule has 5 nitrogen and oxygen atoms in total. The fourth-order valence-corrected chi connectivity index (χ4v) is 3.23. The third kappa shape index (κ3) is 4.08. The van der Waals surface area contributed by atoms with Gasteiger partial charge in [0.25, 0.3) is 0 Å². The van der Waals surface area contributed by atoms with E-state index in [9.17, 15) is 9.59 Å². The molecule has 0 aromatic heterocycles. The van der Waals surface area contributed by atoms with Gasteiger partial charge in [-0.1, -0.05) is 12.1 Å². The predicted octanol–water partition coefficient (Wildman–Crippen LogP) is 2.02. The van der Waals surface area contributed by atoms with Crippen LogP contribution in [-0.2, 0) is 16.1 Å². The molecule has 1 saturated heterocycles. The van der Waals surface area contributed by atoms with Crippen LogP contribution >= 0.6 is 0 Å². The Morgan fingerprint density at radius 3 is 2.46 bits per heavy atom. The van der Waals surface area contributed by atoms with Crippen LogP contribution in [0.4, 0.5) is 5.69 Å². The van der Waals surface area contributed by atoms with E-state index in [0.29, 0.717) is 13.1 Å². The molecule has 3 rings (SSSR count). The van der Waals surface area contributed by atoms with Gasteiger partial charge >= 0.3 is 0 Å². The molecule has 1 aliphatic heterocycles. The van der Waals surface area contributed by atoms with Crippen LogP contribution in [-0.4, -0.2) is 43.9 Å². The molecule has 0 spiro atoms. The Hall–Kier alpha value is -2.04. The number of nitrogens with one attached hydrogen (secondary N) is 1. The average Bonchev–Trinajstić information content (AvgIpc) is 3.44. The predicted molar refractivity (Wildman–Crippen MR) is 94.6 cm³/mol. The first-order chi connectivity index (χ1) is 11.5. The van der Waals surface area contributed by atoms with Crippen molar-refractivity contribution in [3.63, 3.8) is 0 Å². The lowest BCUT2D eigenvalue weighted by atomic mass is 9.96. The van der Waals surface area contributed by atoms with Crippen LogP contribution in [0, 0.1) is 11.8 Å². The van der Waals surface area contributed by atoms with Gasteiger partial charge in [0.05, 0.1) is 5.92 Å². The molecule has 2 amide bonds. The number of carbonyl (C=O) groups is 2. The number of hydrogen-bond acceptors (Lipinski definition) is 3. The van der Waals surface area contributed by atoms with Crippen molar-refractivity contribution in [3.05, 3.63) is 29.8 Å². The molecule has 2 aliphatic rings. The van der Waals surface area contributed by atoms with Crippen LogP contribution < -0.4 is 10.2 Å². The fourth-order valence-electron chi connectivity index (χ4n) is 3.23. The van der Waals surface area contributed by atoms with E-state index in [1.807, 2.05) is 31.1 Å². The molecule has 1 aromatic carbocycles. The number of anilines is 1. The molecule has 130 valence electrons. The second-order valence-electron chi connectivity index (χ2n) is 7.18. The lowest BCUT2D eigenvalue weighted by Crippen LogP contribution is -2.45. The first-order valence-corrected chi connectivity index (χ1v) is 8.87. The molecule has 1 unspecified atom stereocenters. The Morgan fingerprint density at radius 1 is 1.12 bits per heavy atom. The normalized spacial score (nSPS) is 20.6. The van der Waals surface area contributed by atoms with Crippen molar-refractivity contribution in [2.45, 2.75) is 32.2 Å². The van der Waals surface area contributed by atoms with E-state index < -0.39 is 0 Å². The van der Waals surface area contributed by atoms with Gasteiger partial charge in [-0.15, -0.1) is 0 Å². The van der Waals surface area contributed by atoms with Crippen molar-refractivity contribution in [3.8, 4) is 0 Å². The summed E-state index contributed by atoms with van der Waals surface area (Å²) in [6.45, 7) is 1.94. The number of hydrogen-bond donors (Lipinski definition) is 1. The monoisotopic (exact) mass is 329 g/mol. The molecule has 24 heavy (non-hydrogen) atoms. The van der Waals surface area contributed by atoms with E-state index in [1.54, 1.807) is 0 Å². The van der Waals surface area contributed by atoms with Crippen molar-refractivity contribution >= 4 is 17.5 Å². The Kier molecular flexibility index (Phi) is 5.07. The highest BCUT2D eigenvalue weighted by Gasteiger charge is 2.36. The third-order valence-corrected chi connectivity index (χ3v) is 4.95. The molecule has 1 saturated carbocycles. The molecule has 0 bridgehead atoms. The molecule has 1 heterocycles. The summed E-state index contributed by atoms with van der Waals surface area (Å²) in [6.07, 6.45) is 3.85. The Labute approximate surface area is 144 Å². The zero-order valence-corrected chi connectivity index (χ0v) is 14.6. The van der Waals surface area contributed by atoms with Gasteiger partial charge in [0.1, 0.15) is 0 Å². The summed E-state index contributed by atoms with van der Waals surface area (Å²) in [5, 5.41) is 3.03. The van der Waals surface area contributed by atoms with Crippen molar-refractivity contribution in [2.75, 3.05) is 32.1 Å². The van der Waals surface area contributed by atoms with Gasteiger partial charge in [0.15, 0.2) is 0 Å². The highest BCUT2D eigenvalue weighted by atomic mass is 16.2. The van der Waals surface area contributed by atoms with E-state index in [-0.39, 0.29) is 23.7 Å². The van der Waals surface area contributed by atoms with Crippen molar-refractivity contribution in [2.24, 2.45) is 11.8 Å². The lowest BCUT2D eigenvalue weighted by Gasteiger charge is -2.32. The van der Waals surface area contributed by atoms with E-state index >= 15 is 0 Å². The average molecular weight is 329 g/mol. The SMILES string of the molecule is CN(C)c1ccc(CNC(=O)C2CCCN(C(=O)C3CC3)C2)cc1. The van der Waals surface area contributed by atoms with Crippen molar-refractivity contribution in [1.29, 1.82) is 0 Å². The largest absolute Gasteiger partial charge is 0.378 e. The topological polar surface area (TPSA) is 52.7 Å². The second kappa shape index (κ2) is 7.24. The fraction of sp³-hybridized carbons (Fsp3) is 0.579. The zero-order valence-electron chi connectivity index (χ0n) is 14.6. The standard InChI is InChI=1S/C19H27N3O2/c1-21(2)17-9-5-14(6-10-17)12-20-18(23)16-4-3-11-22(13-16)19(24)15-7-8-15/h5-6,9-10,15-16H,3-4,7-8,11-13H2,1-2H3,(H,20,23). The summed E-state index contributed by atoms with van der Waals surface area (Å²) < 4.78 is 0. The summed E-state index contributed by atoms with van der Waals surface area (Å²) in [6, 6.07) is 8.19. The van der Waals surface area contributed by atoms with Crippen LogP contribution in [0.3, 0.4) is 0 Å². The summed E-state index contributed by atoms with van der Waals surface area (Å²) >= 11 is 0. The molecule has 1 aromatic rings. The summed E-state index contributed by atoms with van der Waals surface area (Å²) in [7, 11) is 4.02. The number of likely N-dealkylation sites (tertiary alicyclic amines) is 1. The molecule has 1 atom stereocenters. The summed E-state index contributed by atoms with van der Waals surface area (Å²) in [5.74, 6) is 0.497. The Bertz CT molecular complexity index is 593. The van der Waals surface area contributed by atoms with Crippen LogP contribution in [0.1, 0.15) is 31.2 Å². The van der Waals surface area contributed by atoms with Crippen LogP contribution in [0.5, 0.6) is 0 Å². The summed E-state index contributed by atoms with van der Waals surface area (Å²) in [5.41, 5.74) is 2.24. The lowest BCUT2D eigenvalue weighted by molar-refractivity contribution is -0.136. The minimum absolute atomic E-state index is 0.0671. The maximum Gasteiger partial charge on any atom is 0.225 e. The van der Waals surface area contributed by atoms with E-state index in [1.165, 1.54) is 0 Å². The highest BCUT2D eigenvalue weighted by molar-refractivity contribution is 5.83. The highest BCUT2D eigenvalue weighted by Crippen LogP contribution is 2.32. The molecule has 5 heteroatoms. The van der Waals surface area contributed by atoms with Crippen LogP contribution in [0.15, 0.2) is 24.3 Å². The molecule has 1 N–H and O–H groups in total. The number of benzene rings is 1. The van der Waals surface area contributed by atoms with E-state index in [2.05, 4.69) is 22.3 Å². The summed E-state index contributed by atoms with van der Waals surface area (Å²) in [4.78, 5) is 28.6. The van der Waals surface area contributed by atoms with E-state index in [0.717, 1.165) is 43.5 Å². The quantitative estimate of drug-likeness (QED) is 0.899. The van der Waals surface area contributed by atoms with Gasteiger partial charge in [0, 0.05) is 45.3 Å². The maximum atomic E-state index is 12.4. The zero-order chi connectivity index (χ0) is 17.1. The van der Waals surface area contributed by atoms with Crippen molar-refractivity contribution in [1.82, 2.24) is 10.2 Å².